The topological polar surface area (TPSA) is 75.4 Å². The maximum Gasteiger partial charge on any atom is 0.223 e. The lowest BCUT2D eigenvalue weighted by Crippen LogP contribution is -2.43. The molecule has 0 unspecified atom stereocenters. The molecule has 0 atom stereocenters. The largest absolute Gasteiger partial charge is 0.355 e. The van der Waals surface area contributed by atoms with Gasteiger partial charge < -0.3 is 16.0 Å². The zero-order valence-corrected chi connectivity index (χ0v) is 13.7. The van der Waals surface area contributed by atoms with Gasteiger partial charge in [-0.2, -0.15) is 0 Å². The zero-order chi connectivity index (χ0) is 15.8. The van der Waals surface area contributed by atoms with Gasteiger partial charge in [0, 0.05) is 36.9 Å². The van der Waals surface area contributed by atoms with Gasteiger partial charge in [0.1, 0.15) is 0 Å². The monoisotopic (exact) mass is 323 g/mol. The molecular formula is C16H25N3O2S. The number of hydrogen-bond donors (Lipinski definition) is 2. The molecule has 2 rings (SSSR count). The maximum atomic E-state index is 12.1. The van der Waals surface area contributed by atoms with E-state index in [1.807, 2.05) is 11.0 Å². The third kappa shape index (κ3) is 5.10. The number of nitrogens with two attached hydrogens (primary N) is 1. The number of likely N-dealkylation sites (tertiary alicyclic amines) is 1. The Morgan fingerprint density at radius 3 is 2.77 bits per heavy atom. The summed E-state index contributed by atoms with van der Waals surface area (Å²) in [6.45, 7) is 2.61. The fourth-order valence-electron chi connectivity index (χ4n) is 2.71. The number of amides is 2. The standard InChI is InChI=1S/C16H25N3O2S/c17-8-1-4-15(20)19-10-6-13(7-11-19)16(21)18-9-5-14-3-2-12-22-14/h2-3,12-13H,1,4-11,17H2,(H,18,21). The van der Waals surface area contributed by atoms with E-state index in [9.17, 15) is 9.59 Å². The highest BCUT2D eigenvalue weighted by molar-refractivity contribution is 7.09. The van der Waals surface area contributed by atoms with Crippen LogP contribution in [0.2, 0.25) is 0 Å². The van der Waals surface area contributed by atoms with Gasteiger partial charge in [-0.1, -0.05) is 6.07 Å². The number of rotatable bonds is 7. The van der Waals surface area contributed by atoms with Crippen molar-refractivity contribution in [3.63, 3.8) is 0 Å². The first-order valence-corrected chi connectivity index (χ1v) is 8.86. The van der Waals surface area contributed by atoms with Crippen LogP contribution in [0.5, 0.6) is 0 Å². The summed E-state index contributed by atoms with van der Waals surface area (Å²) in [6.07, 6.45) is 3.67. The van der Waals surface area contributed by atoms with Crippen molar-refractivity contribution in [2.75, 3.05) is 26.2 Å². The highest BCUT2D eigenvalue weighted by Crippen LogP contribution is 2.18. The van der Waals surface area contributed by atoms with E-state index in [1.165, 1.54) is 4.88 Å². The van der Waals surface area contributed by atoms with Gasteiger partial charge in [0.05, 0.1) is 0 Å². The molecule has 1 saturated heterocycles. The Hall–Kier alpha value is -1.40. The van der Waals surface area contributed by atoms with Crippen molar-refractivity contribution in [3.8, 4) is 0 Å². The molecule has 0 aliphatic carbocycles. The van der Waals surface area contributed by atoms with Crippen molar-refractivity contribution < 1.29 is 9.59 Å². The number of nitrogens with zero attached hydrogens (tertiary/aromatic N) is 1. The normalized spacial score (nSPS) is 15.8. The first-order valence-electron chi connectivity index (χ1n) is 7.98. The fourth-order valence-corrected chi connectivity index (χ4v) is 3.42. The minimum absolute atomic E-state index is 0.0434. The van der Waals surface area contributed by atoms with Crippen molar-refractivity contribution in [1.29, 1.82) is 0 Å². The number of carbonyl (C=O) groups is 2. The molecule has 2 heterocycles. The molecule has 1 aromatic rings. The lowest BCUT2D eigenvalue weighted by Gasteiger charge is -2.31. The second-order valence-electron chi connectivity index (χ2n) is 5.67. The van der Waals surface area contributed by atoms with Crippen molar-refractivity contribution in [2.45, 2.75) is 32.1 Å². The van der Waals surface area contributed by atoms with E-state index < -0.39 is 0 Å². The molecule has 5 nitrogen and oxygen atoms in total. The molecule has 1 fully saturated rings. The Kier molecular flexibility index (Phi) is 6.86. The van der Waals surface area contributed by atoms with E-state index in [0.717, 1.165) is 25.7 Å². The summed E-state index contributed by atoms with van der Waals surface area (Å²) in [5.74, 6) is 0.342. The number of thiophene rings is 1. The van der Waals surface area contributed by atoms with Crippen LogP contribution < -0.4 is 11.1 Å². The van der Waals surface area contributed by atoms with E-state index in [2.05, 4.69) is 16.8 Å². The predicted octanol–water partition coefficient (Wildman–Crippen LogP) is 1.38. The van der Waals surface area contributed by atoms with Gasteiger partial charge in [0.2, 0.25) is 11.8 Å². The summed E-state index contributed by atoms with van der Waals surface area (Å²) in [6, 6.07) is 4.11. The Balaban J connectivity index is 1.65. The third-order valence-electron chi connectivity index (χ3n) is 4.06. The summed E-state index contributed by atoms with van der Waals surface area (Å²) < 4.78 is 0. The lowest BCUT2D eigenvalue weighted by molar-refractivity contribution is -0.135. The molecule has 1 aliphatic rings. The number of carbonyl (C=O) groups excluding carboxylic acids is 2. The van der Waals surface area contributed by atoms with E-state index in [1.54, 1.807) is 11.3 Å². The molecule has 1 aromatic heterocycles. The van der Waals surface area contributed by atoms with E-state index in [4.69, 9.17) is 5.73 Å². The molecule has 0 spiro atoms. The van der Waals surface area contributed by atoms with Crippen LogP contribution in [-0.4, -0.2) is 42.9 Å². The second-order valence-corrected chi connectivity index (χ2v) is 6.70. The molecule has 6 heteroatoms. The highest BCUT2D eigenvalue weighted by atomic mass is 32.1. The molecule has 22 heavy (non-hydrogen) atoms. The quantitative estimate of drug-likeness (QED) is 0.796. The van der Waals surface area contributed by atoms with Crippen molar-refractivity contribution in [2.24, 2.45) is 11.7 Å². The van der Waals surface area contributed by atoms with Crippen LogP contribution in [0.1, 0.15) is 30.6 Å². The Labute approximate surface area is 135 Å². The first-order chi connectivity index (χ1) is 10.7. The summed E-state index contributed by atoms with van der Waals surface area (Å²) in [4.78, 5) is 27.2. The molecule has 0 saturated carbocycles. The molecule has 0 bridgehead atoms. The van der Waals surface area contributed by atoms with Crippen LogP contribution in [0, 0.1) is 5.92 Å². The first kappa shape index (κ1) is 17.0. The number of piperidine rings is 1. The summed E-state index contributed by atoms with van der Waals surface area (Å²) in [7, 11) is 0. The Morgan fingerprint density at radius 2 is 2.14 bits per heavy atom. The Bertz CT molecular complexity index is 468. The van der Waals surface area contributed by atoms with Crippen LogP contribution >= 0.6 is 11.3 Å². The van der Waals surface area contributed by atoms with Crippen LogP contribution in [0.3, 0.4) is 0 Å². The van der Waals surface area contributed by atoms with Gasteiger partial charge >= 0.3 is 0 Å². The minimum atomic E-state index is 0.0434. The molecule has 0 radical (unpaired) electrons. The minimum Gasteiger partial charge on any atom is -0.355 e. The van der Waals surface area contributed by atoms with Gasteiger partial charge in [-0.15, -0.1) is 11.3 Å². The average molecular weight is 323 g/mol. The van der Waals surface area contributed by atoms with Crippen LogP contribution in [-0.2, 0) is 16.0 Å². The van der Waals surface area contributed by atoms with Crippen LogP contribution in [0.25, 0.3) is 0 Å². The SMILES string of the molecule is NCCCC(=O)N1CCC(C(=O)NCCc2cccs2)CC1. The summed E-state index contributed by atoms with van der Waals surface area (Å²) in [5, 5.41) is 5.07. The van der Waals surface area contributed by atoms with E-state index >= 15 is 0 Å². The molecule has 3 N–H and O–H groups in total. The van der Waals surface area contributed by atoms with E-state index in [-0.39, 0.29) is 17.7 Å². The van der Waals surface area contributed by atoms with Gasteiger partial charge in [-0.05, 0) is 43.7 Å². The molecular weight excluding hydrogens is 298 g/mol. The smallest absolute Gasteiger partial charge is 0.223 e. The molecule has 0 aromatic carbocycles. The van der Waals surface area contributed by atoms with Gasteiger partial charge in [0.25, 0.3) is 0 Å². The van der Waals surface area contributed by atoms with E-state index in [0.29, 0.717) is 32.6 Å². The third-order valence-corrected chi connectivity index (χ3v) is 5.00. The number of hydrogen-bond acceptors (Lipinski definition) is 4. The molecule has 122 valence electrons. The van der Waals surface area contributed by atoms with Crippen molar-refractivity contribution in [3.05, 3.63) is 22.4 Å². The van der Waals surface area contributed by atoms with Crippen LogP contribution in [0.4, 0.5) is 0 Å². The highest BCUT2D eigenvalue weighted by Gasteiger charge is 2.26. The fraction of sp³-hybridized carbons (Fsp3) is 0.625. The Morgan fingerprint density at radius 1 is 1.36 bits per heavy atom. The lowest BCUT2D eigenvalue weighted by atomic mass is 9.95. The molecule has 1 aliphatic heterocycles. The van der Waals surface area contributed by atoms with Gasteiger partial charge in [-0.3, -0.25) is 9.59 Å². The summed E-state index contributed by atoms with van der Waals surface area (Å²) in [5.41, 5.74) is 5.43. The van der Waals surface area contributed by atoms with Crippen LogP contribution in [0.15, 0.2) is 17.5 Å². The molecule has 2 amide bonds. The van der Waals surface area contributed by atoms with Gasteiger partial charge in [0.15, 0.2) is 0 Å². The van der Waals surface area contributed by atoms with Crippen molar-refractivity contribution in [1.82, 2.24) is 10.2 Å². The predicted molar refractivity (Wildman–Crippen MR) is 88.6 cm³/mol. The average Bonchev–Trinajstić information content (AvgIpc) is 3.06. The van der Waals surface area contributed by atoms with Gasteiger partial charge in [-0.25, -0.2) is 0 Å². The van der Waals surface area contributed by atoms with Crippen molar-refractivity contribution >= 4 is 23.2 Å². The maximum absolute atomic E-state index is 12.1. The number of nitrogens with one attached hydrogen (secondary N) is 1. The second kappa shape index (κ2) is 8.90. The zero-order valence-electron chi connectivity index (χ0n) is 12.9. The summed E-state index contributed by atoms with van der Waals surface area (Å²) >= 11 is 1.72.